The first-order valence-corrected chi connectivity index (χ1v) is 21.7. The predicted molar refractivity (Wildman–Crippen MR) is 245 cm³/mol. The number of phenolic OH excluding ortho intramolecular Hbond substituents is 1. The van der Waals surface area contributed by atoms with Crippen molar-refractivity contribution in [3.63, 3.8) is 0 Å². The number of unbranched alkanes of at least 4 members (excludes halogenated alkanes) is 1. The van der Waals surface area contributed by atoms with Gasteiger partial charge in [-0.15, -0.1) is 0 Å². The number of aliphatic hydroxyl groups is 2. The molecule has 1 unspecified atom stereocenters. The Morgan fingerprint density at radius 2 is 1.23 bits per heavy atom. The summed E-state index contributed by atoms with van der Waals surface area (Å²) in [6.07, 6.45) is 3.73. The van der Waals surface area contributed by atoms with Crippen LogP contribution in [0, 0.1) is 0 Å². The predicted octanol–water partition coefficient (Wildman–Crippen LogP) is 4.15. The molecule has 1 atom stereocenters. The van der Waals surface area contributed by atoms with E-state index < -0.39 is 30.0 Å². The molecule has 0 saturated heterocycles. The van der Waals surface area contributed by atoms with Crippen molar-refractivity contribution in [3.8, 4) is 11.5 Å². The van der Waals surface area contributed by atoms with E-state index in [-0.39, 0.29) is 76.8 Å². The molecule has 0 radical (unpaired) electrons. The smallest absolute Gasteiger partial charge is 0.220 e. The van der Waals surface area contributed by atoms with Gasteiger partial charge in [-0.2, -0.15) is 0 Å². The lowest BCUT2D eigenvalue weighted by Gasteiger charge is -2.27. The minimum absolute atomic E-state index is 0.000294. The van der Waals surface area contributed by atoms with Gasteiger partial charge in [0.25, 0.3) is 0 Å². The van der Waals surface area contributed by atoms with Gasteiger partial charge in [-0.3, -0.25) is 24.0 Å². The van der Waals surface area contributed by atoms with Gasteiger partial charge >= 0.3 is 0 Å². The number of methoxy groups -OCH3 is 3. The van der Waals surface area contributed by atoms with Crippen molar-refractivity contribution in [3.05, 3.63) is 66.0 Å². The highest BCUT2D eigenvalue weighted by Gasteiger charge is 2.36. The van der Waals surface area contributed by atoms with Crippen LogP contribution < -0.4 is 31.5 Å². The van der Waals surface area contributed by atoms with Crippen molar-refractivity contribution in [1.29, 1.82) is 0 Å². The van der Waals surface area contributed by atoms with Crippen LogP contribution in [0.1, 0.15) is 79.7 Å². The lowest BCUT2D eigenvalue weighted by Crippen LogP contribution is -2.27. The van der Waals surface area contributed by atoms with Gasteiger partial charge in [0.15, 0.2) is 10.9 Å². The van der Waals surface area contributed by atoms with E-state index in [2.05, 4.69) is 16.0 Å². The largest absolute Gasteiger partial charge is 0.507 e. The molecular weight excluding hydrogens is 827 g/mol. The average molecular weight is 886 g/mol. The van der Waals surface area contributed by atoms with Gasteiger partial charge in [-0.25, -0.2) is 0 Å². The van der Waals surface area contributed by atoms with Crippen LogP contribution in [0.5, 0.6) is 11.5 Å². The summed E-state index contributed by atoms with van der Waals surface area (Å²) in [4.78, 5) is 68.1. The monoisotopic (exact) mass is 885 g/mol. The van der Waals surface area contributed by atoms with E-state index in [4.69, 9.17) is 23.7 Å². The summed E-state index contributed by atoms with van der Waals surface area (Å²) in [6.45, 7) is 5.45. The molecule has 6 N–H and O–H groups in total. The topological polar surface area (TPSA) is 228 Å². The van der Waals surface area contributed by atoms with E-state index in [0.717, 1.165) is 0 Å². The van der Waals surface area contributed by atoms with Gasteiger partial charge < -0.3 is 55.0 Å². The normalized spacial score (nSPS) is 13.6. The number of allylic oxidation sites excluding steroid dienone is 1. The number of Topliss-reactive ketones (excluding diaryl/α,β-unsaturated/α-hetero) is 1. The standard InChI is InChI=1S/C48H59N3O13/c1-26-21-31-30(9-6-7-10-34(57)49-13-15-63-19-17-60-3)47(59)41-33(56)23-29(25-53)37-38-28(24-52)22-32(55)40-43(38)44(39(31)42(37)41)45(36(26)27(2)54)48(62-5)46(40)51-12-8-11-35(58)50-14-16-64-20-18-61-4/h21-23,36,51-53,59H,6-20,24-25H2,1-5H3,(H,49,57)(H,50,58). The number of ketones is 1. The van der Waals surface area contributed by atoms with Crippen molar-refractivity contribution in [2.75, 3.05) is 85.9 Å². The van der Waals surface area contributed by atoms with E-state index >= 15 is 0 Å². The minimum atomic E-state index is -0.915. The van der Waals surface area contributed by atoms with Crippen LogP contribution in [0.4, 0.5) is 5.69 Å². The van der Waals surface area contributed by atoms with Crippen molar-refractivity contribution in [2.24, 2.45) is 0 Å². The van der Waals surface area contributed by atoms with Gasteiger partial charge in [0.05, 0.1) is 82.3 Å². The van der Waals surface area contributed by atoms with E-state index in [1.54, 1.807) is 14.2 Å². The first-order chi connectivity index (χ1) is 30.9. The van der Waals surface area contributed by atoms with Crippen LogP contribution in [-0.4, -0.2) is 114 Å². The number of aromatic hydroxyl groups is 1. The van der Waals surface area contributed by atoms with Gasteiger partial charge in [-0.1, -0.05) is 11.6 Å². The Labute approximate surface area is 370 Å². The molecule has 0 spiro atoms. The van der Waals surface area contributed by atoms with Crippen LogP contribution >= 0.6 is 0 Å². The quantitative estimate of drug-likeness (QED) is 0.0261. The second kappa shape index (κ2) is 21.9. The molecular formula is C48H59N3O13. The number of rotatable bonds is 26. The van der Waals surface area contributed by atoms with Crippen LogP contribution in [-0.2, 0) is 53.0 Å². The van der Waals surface area contributed by atoms with Gasteiger partial charge in [0.1, 0.15) is 17.3 Å². The number of amides is 2. The highest BCUT2D eigenvalue weighted by molar-refractivity contribution is 6.39. The maximum absolute atomic E-state index is 14.5. The maximum atomic E-state index is 14.5. The SMILES string of the molecule is COCCOCCNC(=O)CCCCc1c(O)c2c(=O)cc(CO)c3c4c(CO)cc(=O)c5c(NCCCC(=O)NCCOCCOC)c(OC)c6c(c(c1C=C(C)C6C(C)=O)c23)c54. The number of aliphatic hydroxyl groups excluding tert-OH is 2. The Balaban J connectivity index is 1.51. The fraction of sp³-hybridized carbons (Fsp3) is 0.479. The molecule has 344 valence electrons. The Bertz CT molecular complexity index is 2660. The number of fused-ring (bicyclic) bond motifs is 1. The Morgan fingerprint density at radius 1 is 0.672 bits per heavy atom. The lowest BCUT2D eigenvalue weighted by molar-refractivity contribution is -0.122. The van der Waals surface area contributed by atoms with Crippen LogP contribution in [0.25, 0.3) is 49.2 Å². The molecule has 0 heterocycles. The van der Waals surface area contributed by atoms with Crippen molar-refractivity contribution < 1.29 is 53.4 Å². The summed E-state index contributed by atoms with van der Waals surface area (Å²) in [7, 11) is 4.61. The summed E-state index contributed by atoms with van der Waals surface area (Å²) < 4.78 is 27.0. The molecule has 0 fully saturated rings. The fourth-order valence-corrected chi connectivity index (χ4v) is 9.18. The summed E-state index contributed by atoms with van der Waals surface area (Å²) in [5.41, 5.74) is 1.79. The molecule has 64 heavy (non-hydrogen) atoms. The van der Waals surface area contributed by atoms with Crippen LogP contribution in [0.15, 0.2) is 27.3 Å². The van der Waals surface area contributed by atoms with E-state index in [0.29, 0.717) is 132 Å². The van der Waals surface area contributed by atoms with Gasteiger partial charge in [-0.05, 0) is 89.9 Å². The highest BCUT2D eigenvalue weighted by Crippen LogP contribution is 2.56. The highest BCUT2D eigenvalue weighted by atomic mass is 16.5. The molecule has 16 nitrogen and oxygen atoms in total. The molecule has 0 aromatic heterocycles. The van der Waals surface area contributed by atoms with Crippen LogP contribution in [0.2, 0.25) is 0 Å². The molecule has 5 aromatic rings. The number of nitrogens with one attached hydrogen (secondary N) is 3. The number of anilines is 1. The lowest BCUT2D eigenvalue weighted by atomic mass is 9.78. The third-order valence-corrected chi connectivity index (χ3v) is 11.9. The molecule has 16 heteroatoms. The first-order valence-electron chi connectivity index (χ1n) is 21.7. The zero-order chi connectivity index (χ0) is 46.1. The molecule has 0 aliphatic heterocycles. The second-order valence-corrected chi connectivity index (χ2v) is 16.0. The average Bonchev–Trinajstić information content (AvgIpc) is 3.40. The van der Waals surface area contributed by atoms with Crippen LogP contribution in [0.3, 0.4) is 0 Å². The molecule has 2 amide bonds. The second-order valence-electron chi connectivity index (χ2n) is 16.0. The first kappa shape index (κ1) is 48.0. The van der Waals surface area contributed by atoms with Crippen molar-refractivity contribution >= 4 is 72.5 Å². The molecule has 6 rings (SSSR count). The number of ether oxygens (including phenoxy) is 5. The van der Waals surface area contributed by atoms with Crippen molar-refractivity contribution in [2.45, 2.75) is 71.5 Å². The summed E-state index contributed by atoms with van der Waals surface area (Å²) in [6, 6.07) is 2.60. The number of hydrogen-bond donors (Lipinski definition) is 6. The van der Waals surface area contributed by atoms with E-state index in [1.165, 1.54) is 26.2 Å². The summed E-state index contributed by atoms with van der Waals surface area (Å²) >= 11 is 0. The van der Waals surface area contributed by atoms with Gasteiger partial charge in [0.2, 0.25) is 11.8 Å². The maximum Gasteiger partial charge on any atom is 0.220 e. The number of carbonyl (C=O) groups excluding carboxylic acids is 3. The Hall–Kier alpha value is -5.49. The molecule has 0 bridgehead atoms. The number of hydrogen-bond acceptors (Lipinski definition) is 14. The van der Waals surface area contributed by atoms with E-state index in [9.17, 15) is 39.3 Å². The number of phenols is 1. The zero-order valence-corrected chi connectivity index (χ0v) is 37.3. The molecule has 5 aromatic carbocycles. The minimum Gasteiger partial charge on any atom is -0.507 e. The third kappa shape index (κ3) is 9.62. The van der Waals surface area contributed by atoms with Crippen molar-refractivity contribution in [1.82, 2.24) is 10.6 Å². The fourth-order valence-electron chi connectivity index (χ4n) is 9.18. The Morgan fingerprint density at radius 3 is 1.78 bits per heavy atom. The molecule has 1 aliphatic rings. The summed E-state index contributed by atoms with van der Waals surface area (Å²) in [5, 5.41) is 45.7. The number of benzene rings is 5. The van der Waals surface area contributed by atoms with E-state index in [1.807, 2.05) is 13.0 Å². The number of carbonyl (C=O) groups is 3. The molecule has 0 saturated carbocycles. The Kier molecular flexibility index (Phi) is 16.4. The summed E-state index contributed by atoms with van der Waals surface area (Å²) in [5.74, 6) is -1.52. The molecule has 1 aliphatic carbocycles. The zero-order valence-electron chi connectivity index (χ0n) is 37.3. The third-order valence-electron chi connectivity index (χ3n) is 11.9. The van der Waals surface area contributed by atoms with Gasteiger partial charge in [0, 0.05) is 68.6 Å².